The van der Waals surface area contributed by atoms with Crippen LogP contribution in [0.2, 0.25) is 0 Å². The number of ketones is 2. The molecule has 5 aliphatic carbocycles. The highest BCUT2D eigenvalue weighted by atomic mass is 16.5. The zero-order valence-electron chi connectivity index (χ0n) is 25.1. The van der Waals surface area contributed by atoms with Gasteiger partial charge in [-0.15, -0.1) is 0 Å². The number of aromatic hydroxyl groups is 1. The van der Waals surface area contributed by atoms with Gasteiger partial charge in [0, 0.05) is 35.2 Å². The lowest BCUT2D eigenvalue weighted by atomic mass is 9.58. The number of allylic oxidation sites excluding steroid dienone is 1. The Bertz CT molecular complexity index is 1480. The summed E-state index contributed by atoms with van der Waals surface area (Å²) in [4.78, 5) is 43.6. The predicted molar refractivity (Wildman–Crippen MR) is 156 cm³/mol. The van der Waals surface area contributed by atoms with Gasteiger partial charge in [0.25, 0.3) is 5.91 Å². The molecule has 0 heterocycles. The van der Waals surface area contributed by atoms with Crippen LogP contribution in [0, 0.1) is 23.7 Å². The van der Waals surface area contributed by atoms with E-state index in [2.05, 4.69) is 11.8 Å². The second kappa shape index (κ2) is 10.3. The predicted octanol–water partition coefficient (Wildman–Crippen LogP) is 2.14. The number of primary amides is 1. The molecular weight excluding hydrogens is 554 g/mol. The van der Waals surface area contributed by atoms with Gasteiger partial charge in [0.05, 0.1) is 18.7 Å². The van der Waals surface area contributed by atoms with Gasteiger partial charge in [-0.3, -0.25) is 24.2 Å². The molecule has 1 aromatic carbocycles. The van der Waals surface area contributed by atoms with Crippen molar-refractivity contribution in [1.82, 2.24) is 9.80 Å². The molecule has 7 atom stereocenters. The van der Waals surface area contributed by atoms with Crippen LogP contribution in [0.5, 0.6) is 11.5 Å². The molecule has 0 aromatic heterocycles. The number of fused-ring (bicyclic) bond motifs is 5. The van der Waals surface area contributed by atoms with Crippen molar-refractivity contribution < 1.29 is 39.5 Å². The Labute approximate surface area is 250 Å². The third-order valence-electron chi connectivity index (χ3n) is 10.9. The van der Waals surface area contributed by atoms with E-state index in [1.807, 2.05) is 0 Å². The van der Waals surface area contributed by atoms with E-state index in [0.717, 1.165) is 18.0 Å². The molecular formula is C32H41N3O8. The molecule has 11 heteroatoms. The Morgan fingerprint density at radius 2 is 1.86 bits per heavy atom. The molecule has 6 N–H and O–H groups in total. The number of carbonyl (C=O) groups is 3. The van der Waals surface area contributed by atoms with E-state index < -0.39 is 58.0 Å². The fourth-order valence-corrected chi connectivity index (χ4v) is 9.08. The molecule has 2 saturated carbocycles. The van der Waals surface area contributed by atoms with Crippen molar-refractivity contribution in [1.29, 1.82) is 0 Å². The number of phenolic OH excluding ortho intramolecular Hbond substituents is 1. The maximum atomic E-state index is 14.0. The van der Waals surface area contributed by atoms with Crippen LogP contribution in [-0.2, 0) is 22.6 Å². The molecule has 1 aromatic rings. The number of hydrogen-bond donors (Lipinski definition) is 5. The lowest BCUT2D eigenvalue weighted by molar-refractivity contribution is -0.148. The summed E-state index contributed by atoms with van der Waals surface area (Å²) < 4.78 is 5.90. The average Bonchev–Trinajstić information content (AvgIpc) is 3.57. The Hall–Kier alpha value is -3.41. The van der Waals surface area contributed by atoms with Gasteiger partial charge in [-0.2, -0.15) is 0 Å². The van der Waals surface area contributed by atoms with Crippen LogP contribution in [-0.4, -0.2) is 93.1 Å². The first-order chi connectivity index (χ1) is 20.3. The number of methoxy groups -OCH3 is 1. The first-order valence-electron chi connectivity index (χ1n) is 15.1. The summed E-state index contributed by atoms with van der Waals surface area (Å²) in [6, 6.07) is 0.976. The fourth-order valence-electron chi connectivity index (χ4n) is 9.08. The third-order valence-corrected chi connectivity index (χ3v) is 10.9. The molecule has 0 saturated heterocycles. The number of benzene rings is 1. The minimum absolute atomic E-state index is 0.0339. The van der Waals surface area contributed by atoms with Crippen LogP contribution in [0.4, 0.5) is 0 Å². The number of nitrogens with two attached hydrogens (primary N) is 1. The summed E-state index contributed by atoms with van der Waals surface area (Å²) in [5, 5.41) is 45.5. The van der Waals surface area contributed by atoms with Crippen LogP contribution in [0.25, 0.3) is 0 Å². The highest BCUT2D eigenvalue weighted by Gasteiger charge is 2.63. The van der Waals surface area contributed by atoms with E-state index in [0.29, 0.717) is 29.8 Å². The molecule has 232 valence electrons. The Kier molecular flexibility index (Phi) is 7.14. The van der Waals surface area contributed by atoms with Gasteiger partial charge >= 0.3 is 0 Å². The summed E-state index contributed by atoms with van der Waals surface area (Å²) in [6.07, 6.45) is 5.19. The molecule has 43 heavy (non-hydrogen) atoms. The zero-order chi connectivity index (χ0) is 31.1. The largest absolute Gasteiger partial charge is 0.510 e. The summed E-state index contributed by atoms with van der Waals surface area (Å²) in [5.74, 6) is -4.71. The summed E-state index contributed by atoms with van der Waals surface area (Å²) >= 11 is 0. The highest BCUT2D eigenvalue weighted by molar-refractivity contribution is 6.24. The quantitative estimate of drug-likeness (QED) is 0.294. The number of amides is 1. The molecule has 11 nitrogen and oxygen atoms in total. The topological polar surface area (TPSA) is 174 Å². The number of Topliss-reactive ketones (excluding diaryl/α,β-unsaturated/α-hetero) is 2. The van der Waals surface area contributed by atoms with Crippen LogP contribution in [0.3, 0.4) is 0 Å². The molecule has 0 spiro atoms. The first-order valence-corrected chi connectivity index (χ1v) is 15.1. The fraction of sp³-hybridized carbons (Fsp3) is 0.594. The van der Waals surface area contributed by atoms with Gasteiger partial charge in [-0.25, -0.2) is 0 Å². The van der Waals surface area contributed by atoms with Crippen LogP contribution >= 0.6 is 0 Å². The lowest BCUT2D eigenvalue weighted by Gasteiger charge is -2.50. The van der Waals surface area contributed by atoms with Crippen molar-refractivity contribution in [3.63, 3.8) is 0 Å². The van der Waals surface area contributed by atoms with Crippen molar-refractivity contribution in [2.45, 2.75) is 69.7 Å². The maximum absolute atomic E-state index is 14.0. The Morgan fingerprint density at radius 1 is 1.14 bits per heavy atom. The van der Waals surface area contributed by atoms with Gasteiger partial charge in [-0.05, 0) is 76.6 Å². The van der Waals surface area contributed by atoms with E-state index >= 15 is 0 Å². The molecule has 5 aliphatic rings. The molecule has 0 aliphatic heterocycles. The van der Waals surface area contributed by atoms with Gasteiger partial charge in [0.1, 0.15) is 28.6 Å². The van der Waals surface area contributed by atoms with E-state index in [1.165, 1.54) is 37.7 Å². The minimum atomic E-state index is -2.66. The van der Waals surface area contributed by atoms with Crippen molar-refractivity contribution in [3.05, 3.63) is 45.4 Å². The summed E-state index contributed by atoms with van der Waals surface area (Å²) in [5.41, 5.74) is 2.99. The van der Waals surface area contributed by atoms with E-state index in [-0.39, 0.29) is 29.7 Å². The van der Waals surface area contributed by atoms with Crippen LogP contribution < -0.4 is 10.5 Å². The van der Waals surface area contributed by atoms with Crippen molar-refractivity contribution in [3.8, 4) is 11.5 Å². The second-order valence-corrected chi connectivity index (χ2v) is 13.2. The van der Waals surface area contributed by atoms with Gasteiger partial charge < -0.3 is 30.9 Å². The molecule has 2 unspecified atom stereocenters. The molecule has 6 rings (SSSR count). The zero-order valence-corrected chi connectivity index (χ0v) is 25.1. The minimum Gasteiger partial charge on any atom is -0.510 e. The SMILES string of the molecule is CCN(Cc1cc(O)c2c(c1OC)C[C@H]1C[C@H]3[C@H](N(C)C)C(O)=C(C(N)=O)C(=O)[C@@]3(O)C(O)=C1C2=O)[C@@H]1CC2CCC1C2. The number of likely N-dealkylation sites (N-methyl/N-ethyl adjacent to an activating group) is 1. The maximum Gasteiger partial charge on any atom is 0.255 e. The van der Waals surface area contributed by atoms with E-state index in [1.54, 1.807) is 20.2 Å². The number of rotatable bonds is 7. The highest BCUT2D eigenvalue weighted by Crippen LogP contribution is 2.54. The number of aliphatic hydroxyl groups is 3. The molecule has 2 fully saturated rings. The second-order valence-electron chi connectivity index (χ2n) is 13.2. The van der Waals surface area contributed by atoms with E-state index in [4.69, 9.17) is 10.5 Å². The standard InChI is InChI=1S/C32H41N3O8/c1-5-35(20-9-14-6-7-15(20)8-14)13-17-12-21(36)23-18(28(17)43-4)10-16-11-19-25(34(2)3)27(38)24(31(33)41)30(40)32(19,42)29(39)22(16)26(23)37/h12,14-16,19-20,25,36,38-39,42H,5-11,13H2,1-4H3,(H2,33,41)/t14?,15?,16-,19-,20+,25-,32-/m0/s1. The molecule has 0 radical (unpaired) electrons. The number of ether oxygens (including phenoxy) is 1. The lowest BCUT2D eigenvalue weighted by Crippen LogP contribution is -2.63. The first kappa shape index (κ1) is 29.7. The Balaban J connectivity index is 1.43. The van der Waals surface area contributed by atoms with Crippen molar-refractivity contribution in [2.75, 3.05) is 27.7 Å². The number of carbonyl (C=O) groups excluding carboxylic acids is 3. The van der Waals surface area contributed by atoms with E-state index in [9.17, 15) is 34.8 Å². The number of aliphatic hydroxyl groups excluding tert-OH is 2. The van der Waals surface area contributed by atoms with Crippen LogP contribution in [0.1, 0.15) is 60.5 Å². The van der Waals surface area contributed by atoms with Gasteiger partial charge in [0.15, 0.2) is 11.4 Å². The monoisotopic (exact) mass is 595 g/mol. The smallest absolute Gasteiger partial charge is 0.255 e. The summed E-state index contributed by atoms with van der Waals surface area (Å²) in [6.45, 7) is 3.51. The number of nitrogens with zero attached hydrogens (tertiary/aromatic N) is 2. The van der Waals surface area contributed by atoms with Gasteiger partial charge in [0.2, 0.25) is 5.78 Å². The Morgan fingerprint density at radius 3 is 2.42 bits per heavy atom. The summed E-state index contributed by atoms with van der Waals surface area (Å²) in [7, 11) is 4.75. The normalized spacial score (nSPS) is 33.3. The van der Waals surface area contributed by atoms with Crippen molar-refractivity contribution >= 4 is 17.5 Å². The number of hydrogen-bond acceptors (Lipinski definition) is 10. The number of phenols is 1. The third kappa shape index (κ3) is 4.15. The molecule has 1 amide bonds. The van der Waals surface area contributed by atoms with Crippen molar-refractivity contribution in [2.24, 2.45) is 29.4 Å². The average molecular weight is 596 g/mol. The van der Waals surface area contributed by atoms with Gasteiger partial charge in [-0.1, -0.05) is 13.3 Å². The molecule has 2 bridgehead atoms. The van der Waals surface area contributed by atoms with Crippen LogP contribution in [0.15, 0.2) is 28.7 Å².